The molecule has 2 aromatic rings. The lowest BCUT2D eigenvalue weighted by Gasteiger charge is -2.08. The van der Waals surface area contributed by atoms with E-state index in [2.05, 4.69) is 41.5 Å². The molecule has 0 amide bonds. The highest BCUT2D eigenvalue weighted by Crippen LogP contribution is 2.27. The van der Waals surface area contributed by atoms with Crippen molar-refractivity contribution in [2.45, 2.75) is 0 Å². The summed E-state index contributed by atoms with van der Waals surface area (Å²) in [5.74, 6) is 0.703. The van der Waals surface area contributed by atoms with E-state index in [9.17, 15) is 0 Å². The summed E-state index contributed by atoms with van der Waals surface area (Å²) in [5, 5.41) is 6.42. The molecule has 0 aliphatic heterocycles. The topological polar surface area (TPSA) is 62.7 Å². The van der Waals surface area contributed by atoms with Crippen LogP contribution in [0.4, 0.5) is 17.6 Å². The van der Waals surface area contributed by atoms with Gasteiger partial charge in [-0.1, -0.05) is 27.5 Å². The van der Waals surface area contributed by atoms with Gasteiger partial charge in [-0.05, 0) is 29.8 Å². The monoisotopic (exact) mass is 347 g/mol. The Morgan fingerprint density at radius 2 is 1.83 bits per heavy atom. The second-order valence-corrected chi connectivity index (χ2v) is 4.91. The van der Waals surface area contributed by atoms with Crippen LogP contribution in [0.3, 0.4) is 0 Å². The zero-order valence-electron chi connectivity index (χ0n) is 9.21. The van der Waals surface area contributed by atoms with Gasteiger partial charge in [0.1, 0.15) is 0 Å². The van der Waals surface area contributed by atoms with Gasteiger partial charge in [0.2, 0.25) is 17.2 Å². The average Bonchev–Trinajstić information content (AvgIpc) is 2.32. The summed E-state index contributed by atoms with van der Waals surface area (Å²) in [4.78, 5) is 12.0. The summed E-state index contributed by atoms with van der Waals surface area (Å²) >= 11 is 15.2. The van der Waals surface area contributed by atoms with Crippen molar-refractivity contribution in [2.24, 2.45) is 0 Å². The SMILES string of the molecule is CNc1nc(Cl)nc(Nc2ccc(Br)cc2Cl)n1. The lowest BCUT2D eigenvalue weighted by atomic mass is 10.3. The molecule has 1 aromatic carbocycles. The number of nitrogens with zero attached hydrogens (tertiary/aromatic N) is 3. The van der Waals surface area contributed by atoms with E-state index in [4.69, 9.17) is 23.2 Å². The average molecular weight is 349 g/mol. The van der Waals surface area contributed by atoms with Crippen LogP contribution in [0.25, 0.3) is 0 Å². The number of benzene rings is 1. The van der Waals surface area contributed by atoms with Crippen LogP contribution in [0, 0.1) is 0 Å². The molecule has 0 aliphatic rings. The van der Waals surface area contributed by atoms with E-state index in [1.54, 1.807) is 13.1 Å². The second-order valence-electron chi connectivity index (χ2n) is 3.25. The fourth-order valence-electron chi connectivity index (χ4n) is 1.23. The van der Waals surface area contributed by atoms with Crippen LogP contribution >= 0.6 is 39.1 Å². The maximum absolute atomic E-state index is 6.08. The van der Waals surface area contributed by atoms with Gasteiger partial charge in [0, 0.05) is 11.5 Å². The van der Waals surface area contributed by atoms with E-state index in [-0.39, 0.29) is 5.28 Å². The summed E-state index contributed by atoms with van der Waals surface area (Å²) < 4.78 is 0.891. The van der Waals surface area contributed by atoms with Crippen LogP contribution in [0.5, 0.6) is 0 Å². The first-order valence-corrected chi connectivity index (χ1v) is 6.45. The summed E-state index contributed by atoms with van der Waals surface area (Å²) in [7, 11) is 1.70. The highest BCUT2D eigenvalue weighted by molar-refractivity contribution is 9.10. The molecular formula is C10H8BrCl2N5. The quantitative estimate of drug-likeness (QED) is 0.884. The predicted octanol–water partition coefficient (Wildman–Crippen LogP) is 3.73. The van der Waals surface area contributed by atoms with Crippen LogP contribution in [-0.2, 0) is 0 Å². The van der Waals surface area contributed by atoms with Crippen molar-refractivity contribution in [1.82, 2.24) is 15.0 Å². The van der Waals surface area contributed by atoms with Crippen LogP contribution in [0.15, 0.2) is 22.7 Å². The third-order valence-corrected chi connectivity index (χ3v) is 2.98. The van der Waals surface area contributed by atoms with Crippen LogP contribution in [0.2, 0.25) is 10.3 Å². The Hall–Kier alpha value is -1.11. The molecule has 1 heterocycles. The van der Waals surface area contributed by atoms with Gasteiger partial charge >= 0.3 is 0 Å². The minimum atomic E-state index is 0.102. The molecular weight excluding hydrogens is 341 g/mol. The van der Waals surface area contributed by atoms with Crippen molar-refractivity contribution in [3.63, 3.8) is 0 Å². The first-order valence-electron chi connectivity index (χ1n) is 4.90. The van der Waals surface area contributed by atoms with Gasteiger partial charge in [0.05, 0.1) is 10.7 Å². The highest BCUT2D eigenvalue weighted by atomic mass is 79.9. The molecule has 2 N–H and O–H groups in total. The van der Waals surface area contributed by atoms with Gasteiger partial charge in [-0.3, -0.25) is 0 Å². The smallest absolute Gasteiger partial charge is 0.233 e. The highest BCUT2D eigenvalue weighted by Gasteiger charge is 2.06. The van der Waals surface area contributed by atoms with Gasteiger partial charge in [-0.15, -0.1) is 0 Å². The van der Waals surface area contributed by atoms with Crippen LogP contribution < -0.4 is 10.6 Å². The number of halogens is 3. The molecule has 2 rings (SSSR count). The predicted molar refractivity (Wildman–Crippen MR) is 76.8 cm³/mol. The molecule has 0 aliphatic carbocycles. The Balaban J connectivity index is 2.30. The van der Waals surface area contributed by atoms with Crippen molar-refractivity contribution in [2.75, 3.05) is 17.7 Å². The summed E-state index contributed by atoms with van der Waals surface area (Å²) in [6.07, 6.45) is 0. The largest absolute Gasteiger partial charge is 0.357 e. The lowest BCUT2D eigenvalue weighted by Crippen LogP contribution is -2.03. The molecule has 0 fully saturated rings. The number of hydrogen-bond acceptors (Lipinski definition) is 5. The third kappa shape index (κ3) is 3.22. The van der Waals surface area contributed by atoms with E-state index < -0.39 is 0 Å². The van der Waals surface area contributed by atoms with Crippen molar-refractivity contribution in [3.05, 3.63) is 33.0 Å². The van der Waals surface area contributed by atoms with Gasteiger partial charge in [0.25, 0.3) is 0 Å². The Morgan fingerprint density at radius 3 is 2.50 bits per heavy atom. The minimum absolute atomic E-state index is 0.102. The fourth-order valence-corrected chi connectivity index (χ4v) is 2.11. The molecule has 0 unspecified atom stereocenters. The number of aromatic nitrogens is 3. The van der Waals surface area contributed by atoms with Crippen molar-refractivity contribution < 1.29 is 0 Å². The normalized spacial score (nSPS) is 10.2. The molecule has 0 bridgehead atoms. The first kappa shape index (κ1) is 13.3. The number of hydrogen-bond donors (Lipinski definition) is 2. The molecule has 1 aromatic heterocycles. The zero-order chi connectivity index (χ0) is 13.1. The molecule has 0 radical (unpaired) electrons. The molecule has 5 nitrogen and oxygen atoms in total. The fraction of sp³-hybridized carbons (Fsp3) is 0.100. The zero-order valence-corrected chi connectivity index (χ0v) is 12.3. The Bertz CT molecular complexity index is 578. The maximum atomic E-state index is 6.08. The van der Waals surface area contributed by atoms with Crippen molar-refractivity contribution in [3.8, 4) is 0 Å². The van der Waals surface area contributed by atoms with E-state index in [1.807, 2.05) is 12.1 Å². The number of nitrogens with one attached hydrogen (secondary N) is 2. The Morgan fingerprint density at radius 1 is 1.11 bits per heavy atom. The van der Waals surface area contributed by atoms with Crippen LogP contribution in [-0.4, -0.2) is 22.0 Å². The van der Waals surface area contributed by atoms with Crippen molar-refractivity contribution in [1.29, 1.82) is 0 Å². The second kappa shape index (κ2) is 5.69. The van der Waals surface area contributed by atoms with E-state index in [1.165, 1.54) is 0 Å². The number of anilines is 3. The van der Waals surface area contributed by atoms with Crippen molar-refractivity contribution >= 4 is 56.7 Å². The lowest BCUT2D eigenvalue weighted by molar-refractivity contribution is 1.05. The minimum Gasteiger partial charge on any atom is -0.357 e. The maximum Gasteiger partial charge on any atom is 0.233 e. The Labute approximate surface area is 122 Å². The first-order chi connectivity index (χ1) is 8.58. The molecule has 94 valence electrons. The standard InChI is InChI=1S/C10H8BrCl2N5/c1-14-9-16-8(13)17-10(18-9)15-7-3-2-5(11)4-6(7)12/h2-4H,1H3,(H2,14,15,16,17,18). The van der Waals surface area contributed by atoms with E-state index >= 15 is 0 Å². The van der Waals surface area contributed by atoms with Crippen LogP contribution in [0.1, 0.15) is 0 Å². The third-order valence-electron chi connectivity index (χ3n) is 2.01. The molecule has 8 heteroatoms. The van der Waals surface area contributed by atoms with Gasteiger partial charge in [0.15, 0.2) is 0 Å². The molecule has 0 atom stereocenters. The molecule has 0 saturated heterocycles. The number of rotatable bonds is 3. The summed E-state index contributed by atoms with van der Waals surface area (Å²) in [5.41, 5.74) is 0.684. The van der Waals surface area contributed by atoms with Gasteiger partial charge in [-0.25, -0.2) is 0 Å². The summed E-state index contributed by atoms with van der Waals surface area (Å²) in [6, 6.07) is 5.44. The molecule has 0 spiro atoms. The van der Waals surface area contributed by atoms with E-state index in [0.717, 1.165) is 4.47 Å². The molecule has 18 heavy (non-hydrogen) atoms. The summed E-state index contributed by atoms with van der Waals surface area (Å²) in [6.45, 7) is 0. The Kier molecular flexibility index (Phi) is 4.21. The molecule has 0 saturated carbocycles. The van der Waals surface area contributed by atoms with Gasteiger partial charge < -0.3 is 10.6 Å². The van der Waals surface area contributed by atoms with E-state index in [0.29, 0.717) is 22.6 Å². The van der Waals surface area contributed by atoms with Gasteiger partial charge in [-0.2, -0.15) is 15.0 Å².